The largest absolute Gasteiger partial charge is 0.380 e. The molecular weight excluding hydrogens is 198 g/mol. The lowest BCUT2D eigenvalue weighted by Crippen LogP contribution is -2.47. The first-order valence-corrected chi connectivity index (χ1v) is 7.13. The molecule has 1 unspecified atom stereocenters. The van der Waals surface area contributed by atoms with Gasteiger partial charge in [-0.25, -0.2) is 0 Å². The fourth-order valence-electron chi connectivity index (χ4n) is 2.51. The van der Waals surface area contributed by atoms with E-state index in [9.17, 15) is 0 Å². The average molecular weight is 227 g/mol. The van der Waals surface area contributed by atoms with E-state index in [0.717, 1.165) is 32.5 Å². The molecule has 1 aliphatic heterocycles. The highest BCUT2D eigenvalue weighted by atomic mass is 16.5. The minimum absolute atomic E-state index is 0.00166. The molecule has 0 bridgehead atoms. The molecule has 0 spiro atoms. The molecule has 0 aromatic rings. The molecule has 2 nitrogen and oxygen atoms in total. The number of ether oxygens (including phenoxy) is 1. The van der Waals surface area contributed by atoms with Crippen LogP contribution in [-0.4, -0.2) is 18.8 Å². The van der Waals surface area contributed by atoms with Gasteiger partial charge in [0.15, 0.2) is 0 Å². The molecule has 96 valence electrons. The molecular formula is C14H29NO. The van der Waals surface area contributed by atoms with Gasteiger partial charge in [-0.15, -0.1) is 0 Å². The molecule has 0 aromatic carbocycles. The van der Waals surface area contributed by atoms with Crippen molar-refractivity contribution >= 4 is 0 Å². The Morgan fingerprint density at radius 2 is 1.75 bits per heavy atom. The topological polar surface area (TPSA) is 35.2 Å². The Bertz CT molecular complexity index is 164. The Labute approximate surface area is 101 Å². The first-order chi connectivity index (χ1) is 7.77. The molecule has 1 atom stereocenters. The van der Waals surface area contributed by atoms with Crippen LogP contribution in [0, 0.1) is 0 Å². The minimum atomic E-state index is 0.00166. The Kier molecular flexibility index (Phi) is 7.06. The molecule has 0 saturated carbocycles. The average Bonchev–Trinajstić information content (AvgIpc) is 2.29. The van der Waals surface area contributed by atoms with Gasteiger partial charge < -0.3 is 10.5 Å². The van der Waals surface area contributed by atoms with E-state index in [0.29, 0.717) is 0 Å². The Morgan fingerprint density at radius 3 is 2.38 bits per heavy atom. The summed E-state index contributed by atoms with van der Waals surface area (Å²) in [6.45, 7) is 3.96. The van der Waals surface area contributed by atoms with Gasteiger partial charge in [-0.2, -0.15) is 0 Å². The van der Waals surface area contributed by atoms with E-state index in [4.69, 9.17) is 10.5 Å². The number of rotatable bonds is 8. The number of nitrogens with two attached hydrogens (primary N) is 1. The van der Waals surface area contributed by atoms with E-state index < -0.39 is 0 Å². The second-order valence-electron chi connectivity index (χ2n) is 5.39. The third-order valence-electron chi connectivity index (χ3n) is 3.63. The van der Waals surface area contributed by atoms with Crippen molar-refractivity contribution in [2.24, 2.45) is 5.73 Å². The van der Waals surface area contributed by atoms with E-state index in [-0.39, 0.29) is 5.54 Å². The van der Waals surface area contributed by atoms with Crippen molar-refractivity contribution in [3.05, 3.63) is 0 Å². The first kappa shape index (κ1) is 14.0. The maximum absolute atomic E-state index is 6.30. The summed E-state index contributed by atoms with van der Waals surface area (Å²) in [5, 5.41) is 0. The van der Waals surface area contributed by atoms with Gasteiger partial charge >= 0.3 is 0 Å². The normalized spacial score (nSPS) is 25.9. The molecule has 0 amide bonds. The van der Waals surface area contributed by atoms with E-state index in [1.165, 1.54) is 44.9 Å². The Hall–Kier alpha value is -0.0800. The number of hydrogen-bond donors (Lipinski definition) is 1. The molecule has 16 heavy (non-hydrogen) atoms. The van der Waals surface area contributed by atoms with Crippen LogP contribution in [0.1, 0.15) is 71.1 Å². The van der Waals surface area contributed by atoms with E-state index in [1.807, 2.05) is 0 Å². The van der Waals surface area contributed by atoms with Gasteiger partial charge in [0, 0.05) is 12.1 Å². The van der Waals surface area contributed by atoms with Crippen LogP contribution < -0.4 is 5.73 Å². The number of unbranched alkanes of at least 4 members (excludes halogenated alkanes) is 6. The summed E-state index contributed by atoms with van der Waals surface area (Å²) in [6, 6.07) is 0. The fraction of sp³-hybridized carbons (Fsp3) is 1.00. The molecule has 0 radical (unpaired) electrons. The Balaban J connectivity index is 1.93. The molecule has 1 aliphatic rings. The molecule has 1 fully saturated rings. The molecule has 1 rings (SSSR count). The third-order valence-corrected chi connectivity index (χ3v) is 3.63. The lowest BCUT2D eigenvalue weighted by Gasteiger charge is -2.33. The maximum Gasteiger partial charge on any atom is 0.0646 e. The fourth-order valence-corrected chi connectivity index (χ4v) is 2.51. The van der Waals surface area contributed by atoms with E-state index in [2.05, 4.69) is 6.92 Å². The van der Waals surface area contributed by atoms with Crippen molar-refractivity contribution in [2.75, 3.05) is 13.2 Å². The van der Waals surface area contributed by atoms with Crippen LogP contribution >= 0.6 is 0 Å². The van der Waals surface area contributed by atoms with Crippen molar-refractivity contribution < 1.29 is 4.74 Å². The van der Waals surface area contributed by atoms with Crippen LogP contribution in [0.2, 0.25) is 0 Å². The predicted molar refractivity (Wildman–Crippen MR) is 69.6 cm³/mol. The second-order valence-corrected chi connectivity index (χ2v) is 5.39. The van der Waals surface area contributed by atoms with Gasteiger partial charge in [-0.3, -0.25) is 0 Å². The monoisotopic (exact) mass is 227 g/mol. The van der Waals surface area contributed by atoms with Crippen LogP contribution in [0.25, 0.3) is 0 Å². The zero-order valence-electron chi connectivity index (χ0n) is 11.0. The summed E-state index contributed by atoms with van der Waals surface area (Å²) in [6.07, 6.45) is 13.0. The van der Waals surface area contributed by atoms with Crippen molar-refractivity contribution in [3.8, 4) is 0 Å². The third kappa shape index (κ3) is 5.86. The van der Waals surface area contributed by atoms with Crippen LogP contribution in [-0.2, 0) is 4.74 Å². The second kappa shape index (κ2) is 8.08. The lowest BCUT2D eigenvalue weighted by molar-refractivity contribution is 0.0334. The summed E-state index contributed by atoms with van der Waals surface area (Å²) in [7, 11) is 0. The quantitative estimate of drug-likeness (QED) is 0.643. The highest BCUT2D eigenvalue weighted by Gasteiger charge is 2.27. The van der Waals surface area contributed by atoms with Gasteiger partial charge in [0.2, 0.25) is 0 Å². The van der Waals surface area contributed by atoms with Crippen molar-refractivity contribution in [3.63, 3.8) is 0 Å². The maximum atomic E-state index is 6.30. The summed E-state index contributed by atoms with van der Waals surface area (Å²) in [4.78, 5) is 0. The van der Waals surface area contributed by atoms with Crippen LogP contribution in [0.5, 0.6) is 0 Å². The van der Waals surface area contributed by atoms with Crippen LogP contribution in [0.4, 0.5) is 0 Å². The first-order valence-electron chi connectivity index (χ1n) is 7.13. The van der Waals surface area contributed by atoms with Crippen molar-refractivity contribution in [1.82, 2.24) is 0 Å². The summed E-state index contributed by atoms with van der Waals surface area (Å²) in [5.41, 5.74) is 6.30. The number of hydrogen-bond acceptors (Lipinski definition) is 2. The molecule has 0 aliphatic carbocycles. The molecule has 2 heteroatoms. The summed E-state index contributed by atoms with van der Waals surface area (Å²) in [5.74, 6) is 0. The van der Waals surface area contributed by atoms with Gasteiger partial charge in [0.25, 0.3) is 0 Å². The van der Waals surface area contributed by atoms with Gasteiger partial charge in [-0.1, -0.05) is 51.9 Å². The van der Waals surface area contributed by atoms with Gasteiger partial charge in [-0.05, 0) is 19.3 Å². The van der Waals surface area contributed by atoms with Crippen LogP contribution in [0.15, 0.2) is 0 Å². The lowest BCUT2D eigenvalue weighted by atomic mass is 9.88. The van der Waals surface area contributed by atoms with Gasteiger partial charge in [0.05, 0.1) is 6.61 Å². The summed E-state index contributed by atoms with van der Waals surface area (Å²) < 4.78 is 5.47. The zero-order valence-corrected chi connectivity index (χ0v) is 11.0. The SMILES string of the molecule is CCCCCCCCCC1(N)CCCOC1. The highest BCUT2D eigenvalue weighted by molar-refractivity contribution is 4.86. The standard InChI is InChI=1S/C14H29NO/c1-2-3-4-5-6-7-8-10-14(15)11-9-12-16-13-14/h2-13,15H2,1H3. The molecule has 1 heterocycles. The molecule has 1 saturated heterocycles. The van der Waals surface area contributed by atoms with Crippen molar-refractivity contribution in [2.45, 2.75) is 76.7 Å². The summed E-state index contributed by atoms with van der Waals surface area (Å²) >= 11 is 0. The highest BCUT2D eigenvalue weighted by Crippen LogP contribution is 2.23. The van der Waals surface area contributed by atoms with E-state index >= 15 is 0 Å². The molecule has 0 aromatic heterocycles. The van der Waals surface area contributed by atoms with E-state index in [1.54, 1.807) is 0 Å². The smallest absolute Gasteiger partial charge is 0.0646 e. The van der Waals surface area contributed by atoms with Crippen LogP contribution in [0.3, 0.4) is 0 Å². The zero-order chi connectivity index (χ0) is 11.7. The molecule has 2 N–H and O–H groups in total. The van der Waals surface area contributed by atoms with Crippen molar-refractivity contribution in [1.29, 1.82) is 0 Å². The predicted octanol–water partition coefficient (Wildman–Crippen LogP) is 3.64. The minimum Gasteiger partial charge on any atom is -0.380 e. The van der Waals surface area contributed by atoms with Gasteiger partial charge in [0.1, 0.15) is 0 Å². The Morgan fingerprint density at radius 1 is 1.06 bits per heavy atom.